The zero-order valence-corrected chi connectivity index (χ0v) is 11.3. The zero-order chi connectivity index (χ0) is 14.8. The van der Waals surface area contributed by atoms with Crippen molar-refractivity contribution in [1.82, 2.24) is 19.7 Å². The molecule has 0 aliphatic carbocycles. The van der Waals surface area contributed by atoms with Crippen molar-refractivity contribution < 1.29 is 4.79 Å². The average molecular weight is 277 g/mol. The Kier molecular flexibility index (Phi) is 3.16. The Morgan fingerprint density at radius 2 is 2.05 bits per heavy atom. The molecule has 0 bridgehead atoms. The van der Waals surface area contributed by atoms with Gasteiger partial charge in [0.15, 0.2) is 11.7 Å². The number of carbonyl (C=O) groups excluding carboxylic acids is 1. The summed E-state index contributed by atoms with van der Waals surface area (Å²) in [6, 6.07) is 9.33. The number of hydrogen-bond donors (Lipinski definition) is 0. The fourth-order valence-corrected chi connectivity index (χ4v) is 2.08. The summed E-state index contributed by atoms with van der Waals surface area (Å²) < 4.78 is 1.52. The van der Waals surface area contributed by atoms with Crippen molar-refractivity contribution in [2.75, 3.05) is 0 Å². The topological polar surface area (TPSA) is 84.5 Å². The smallest absolute Gasteiger partial charge is 0.189 e. The molecule has 6 heteroatoms. The first-order valence-electron chi connectivity index (χ1n) is 6.33. The molecule has 0 N–H and O–H groups in total. The van der Waals surface area contributed by atoms with Crippen LogP contribution in [0.25, 0.3) is 11.0 Å². The first-order valence-corrected chi connectivity index (χ1v) is 6.33. The molecule has 6 nitrogen and oxygen atoms in total. The molecule has 1 atom stereocenters. The number of fused-ring (bicyclic) bond motifs is 1. The number of para-hydroxylation sites is 2. The third-order valence-corrected chi connectivity index (χ3v) is 3.14. The first kappa shape index (κ1) is 12.9. The molecule has 1 aromatic carbocycles. The summed E-state index contributed by atoms with van der Waals surface area (Å²) in [7, 11) is 1.72. The number of carbonyl (C=O) groups is 1. The number of aryl methyl sites for hydroxylation is 1. The van der Waals surface area contributed by atoms with E-state index in [9.17, 15) is 10.1 Å². The first-order chi connectivity index (χ1) is 10.2. The van der Waals surface area contributed by atoms with E-state index in [-0.39, 0.29) is 5.78 Å². The van der Waals surface area contributed by atoms with Gasteiger partial charge < -0.3 is 0 Å². The van der Waals surface area contributed by atoms with Crippen LogP contribution in [0.5, 0.6) is 0 Å². The van der Waals surface area contributed by atoms with Crippen LogP contribution in [-0.2, 0) is 7.05 Å². The molecule has 0 unspecified atom stereocenters. The van der Waals surface area contributed by atoms with E-state index in [4.69, 9.17) is 0 Å². The third kappa shape index (κ3) is 2.37. The van der Waals surface area contributed by atoms with E-state index < -0.39 is 5.92 Å². The maximum atomic E-state index is 12.4. The Morgan fingerprint density at radius 1 is 1.29 bits per heavy atom. The van der Waals surface area contributed by atoms with Crippen LogP contribution < -0.4 is 0 Å². The minimum absolute atomic E-state index is 0.324. The van der Waals surface area contributed by atoms with Crippen molar-refractivity contribution in [2.24, 2.45) is 7.05 Å². The fraction of sp³-hybridized carbons (Fsp3) is 0.133. The minimum atomic E-state index is -0.980. The average Bonchev–Trinajstić information content (AvgIpc) is 2.94. The molecule has 2 heterocycles. The van der Waals surface area contributed by atoms with E-state index in [1.807, 2.05) is 24.3 Å². The second kappa shape index (κ2) is 5.13. The van der Waals surface area contributed by atoms with Gasteiger partial charge >= 0.3 is 0 Å². The SMILES string of the molecule is Cn1cc(C(=O)[C@@H](C#N)c2cnc3ccccc3n2)cn1. The number of Topliss-reactive ketones (excluding diaryl/α,β-unsaturated/α-hetero) is 1. The molecule has 0 aliphatic heterocycles. The number of rotatable bonds is 3. The molecule has 2 aromatic heterocycles. The lowest BCUT2D eigenvalue weighted by Gasteiger charge is -2.06. The van der Waals surface area contributed by atoms with Crippen LogP contribution in [0.1, 0.15) is 22.0 Å². The van der Waals surface area contributed by atoms with E-state index in [2.05, 4.69) is 15.1 Å². The van der Waals surface area contributed by atoms with Gasteiger partial charge in [-0.1, -0.05) is 12.1 Å². The van der Waals surface area contributed by atoms with Gasteiger partial charge in [-0.05, 0) is 12.1 Å². The summed E-state index contributed by atoms with van der Waals surface area (Å²) in [5.74, 6) is -1.30. The summed E-state index contributed by atoms with van der Waals surface area (Å²) in [6.45, 7) is 0. The highest BCUT2D eigenvalue weighted by Gasteiger charge is 2.24. The molecule has 3 aromatic rings. The zero-order valence-electron chi connectivity index (χ0n) is 11.3. The minimum Gasteiger partial charge on any atom is -0.292 e. The lowest BCUT2D eigenvalue weighted by Crippen LogP contribution is -2.12. The summed E-state index contributed by atoms with van der Waals surface area (Å²) in [5.41, 5.74) is 2.13. The van der Waals surface area contributed by atoms with Crippen LogP contribution in [0.4, 0.5) is 0 Å². The molecule has 0 aliphatic rings. The Bertz CT molecular complexity index is 862. The van der Waals surface area contributed by atoms with Gasteiger partial charge in [0.25, 0.3) is 0 Å². The maximum absolute atomic E-state index is 12.4. The van der Waals surface area contributed by atoms with Crippen molar-refractivity contribution in [3.8, 4) is 6.07 Å². The van der Waals surface area contributed by atoms with Crippen molar-refractivity contribution >= 4 is 16.8 Å². The molecule has 102 valence electrons. The summed E-state index contributed by atoms with van der Waals surface area (Å²) in [6.07, 6.45) is 4.51. The molecule has 0 saturated heterocycles. The van der Waals surface area contributed by atoms with Gasteiger partial charge in [0.05, 0.1) is 40.8 Å². The van der Waals surface area contributed by atoms with Gasteiger partial charge in [-0.2, -0.15) is 10.4 Å². The van der Waals surface area contributed by atoms with Gasteiger partial charge in [0.1, 0.15) is 0 Å². The predicted molar refractivity (Wildman–Crippen MR) is 75.4 cm³/mol. The summed E-state index contributed by atoms with van der Waals surface area (Å²) >= 11 is 0. The fourth-order valence-electron chi connectivity index (χ4n) is 2.08. The number of hydrogen-bond acceptors (Lipinski definition) is 5. The molecule has 0 spiro atoms. The van der Waals surface area contributed by atoms with Gasteiger partial charge in [0, 0.05) is 13.2 Å². The second-order valence-electron chi connectivity index (χ2n) is 4.61. The van der Waals surface area contributed by atoms with Crippen molar-refractivity contribution in [3.63, 3.8) is 0 Å². The lowest BCUT2D eigenvalue weighted by atomic mass is 9.98. The third-order valence-electron chi connectivity index (χ3n) is 3.14. The molecule has 21 heavy (non-hydrogen) atoms. The van der Waals surface area contributed by atoms with E-state index in [0.717, 1.165) is 5.52 Å². The quantitative estimate of drug-likeness (QED) is 0.682. The van der Waals surface area contributed by atoms with Gasteiger partial charge in [0.2, 0.25) is 0 Å². The Balaban J connectivity index is 2.02. The van der Waals surface area contributed by atoms with E-state index >= 15 is 0 Å². The maximum Gasteiger partial charge on any atom is 0.189 e. The van der Waals surface area contributed by atoms with Crippen LogP contribution in [0.15, 0.2) is 42.9 Å². The van der Waals surface area contributed by atoms with Crippen LogP contribution in [-0.4, -0.2) is 25.5 Å². The highest BCUT2D eigenvalue weighted by atomic mass is 16.1. The number of ketones is 1. The number of nitrogens with zero attached hydrogens (tertiary/aromatic N) is 5. The highest BCUT2D eigenvalue weighted by molar-refractivity contribution is 6.02. The van der Waals surface area contributed by atoms with Crippen LogP contribution in [0.3, 0.4) is 0 Å². The van der Waals surface area contributed by atoms with Gasteiger partial charge in [-0.25, -0.2) is 4.98 Å². The van der Waals surface area contributed by atoms with Crippen molar-refractivity contribution in [3.05, 3.63) is 54.1 Å². The van der Waals surface area contributed by atoms with E-state index in [0.29, 0.717) is 16.8 Å². The molecule has 0 radical (unpaired) electrons. The van der Waals surface area contributed by atoms with Crippen LogP contribution in [0, 0.1) is 11.3 Å². The summed E-state index contributed by atoms with van der Waals surface area (Å²) in [4.78, 5) is 21.0. The molecule has 0 saturated carbocycles. The molecule has 0 fully saturated rings. The van der Waals surface area contributed by atoms with Gasteiger partial charge in [-0.3, -0.25) is 14.5 Å². The number of nitriles is 1. The summed E-state index contributed by atoms with van der Waals surface area (Å²) in [5, 5.41) is 13.3. The highest BCUT2D eigenvalue weighted by Crippen LogP contribution is 2.20. The Labute approximate surface area is 120 Å². The lowest BCUT2D eigenvalue weighted by molar-refractivity contribution is 0.0977. The standard InChI is InChI=1S/C15H11N5O/c1-20-9-10(7-18-20)15(21)11(6-16)14-8-17-12-4-2-3-5-13(12)19-14/h2-5,7-9,11H,1H3/t11-/m0/s1. The number of benzene rings is 1. The molecule has 0 amide bonds. The Hall–Kier alpha value is -3.07. The van der Waals surface area contributed by atoms with E-state index in [1.165, 1.54) is 17.1 Å². The molecular weight excluding hydrogens is 266 g/mol. The van der Waals surface area contributed by atoms with Crippen LogP contribution in [0.2, 0.25) is 0 Å². The number of aromatic nitrogens is 4. The normalized spacial score (nSPS) is 12.0. The molecule has 3 rings (SSSR count). The largest absolute Gasteiger partial charge is 0.292 e. The monoisotopic (exact) mass is 277 g/mol. The Morgan fingerprint density at radius 3 is 2.71 bits per heavy atom. The van der Waals surface area contributed by atoms with Crippen LogP contribution >= 0.6 is 0 Å². The molecular formula is C15H11N5O. The van der Waals surface area contributed by atoms with E-state index in [1.54, 1.807) is 19.3 Å². The van der Waals surface area contributed by atoms with Crippen molar-refractivity contribution in [2.45, 2.75) is 5.92 Å². The van der Waals surface area contributed by atoms with Crippen molar-refractivity contribution in [1.29, 1.82) is 5.26 Å². The predicted octanol–water partition coefficient (Wildman–Crippen LogP) is 1.85. The van der Waals surface area contributed by atoms with Gasteiger partial charge in [-0.15, -0.1) is 0 Å². The second-order valence-corrected chi connectivity index (χ2v) is 4.61.